The molecule has 0 amide bonds. The molecule has 1 N–H and O–H groups in total. The predicted octanol–water partition coefficient (Wildman–Crippen LogP) is 1.88. The molecule has 0 fully saturated rings. The molecular weight excluding hydrogens is 254 g/mol. The fraction of sp³-hybridized carbons (Fsp3) is 0. The van der Waals surface area contributed by atoms with Crippen LogP contribution in [0.2, 0.25) is 0 Å². The third-order valence-corrected chi connectivity index (χ3v) is 2.11. The number of pyridine rings is 2. The monoisotopic (exact) mass is 261 g/mol. The van der Waals surface area contributed by atoms with E-state index in [0.29, 0.717) is 0 Å². The minimum absolute atomic E-state index is 0.0152. The lowest BCUT2D eigenvalue weighted by atomic mass is 10.3. The molecule has 0 saturated heterocycles. The van der Waals surface area contributed by atoms with Crippen molar-refractivity contribution in [3.05, 3.63) is 52.5 Å². The third kappa shape index (κ3) is 3.00. The standard InChI is InChI=1S/C11H7N3O5/c15-11(16)7-3-9(6-12-5-7)19-10-4-8(14(17)18)1-2-13-10/h1-6H,(H,15,16). The van der Waals surface area contributed by atoms with Crippen molar-refractivity contribution < 1.29 is 19.6 Å². The van der Waals surface area contributed by atoms with E-state index in [9.17, 15) is 14.9 Å². The second-order valence-electron chi connectivity index (χ2n) is 3.43. The number of ether oxygens (including phenoxy) is 1. The highest BCUT2D eigenvalue weighted by Gasteiger charge is 2.10. The first-order valence-electron chi connectivity index (χ1n) is 5.03. The van der Waals surface area contributed by atoms with Crippen LogP contribution in [0, 0.1) is 10.1 Å². The van der Waals surface area contributed by atoms with Gasteiger partial charge in [-0.15, -0.1) is 0 Å². The summed E-state index contributed by atoms with van der Waals surface area (Å²) in [6.45, 7) is 0. The van der Waals surface area contributed by atoms with Gasteiger partial charge in [0.1, 0.15) is 5.75 Å². The number of nitro groups is 1. The van der Waals surface area contributed by atoms with Crippen LogP contribution in [-0.2, 0) is 0 Å². The minimum Gasteiger partial charge on any atom is -0.478 e. The van der Waals surface area contributed by atoms with Crippen molar-refractivity contribution >= 4 is 11.7 Å². The van der Waals surface area contributed by atoms with Crippen LogP contribution in [0.25, 0.3) is 0 Å². The van der Waals surface area contributed by atoms with Gasteiger partial charge in [-0.1, -0.05) is 0 Å². The number of nitrogens with zero attached hydrogens (tertiary/aromatic N) is 3. The number of hydrogen-bond donors (Lipinski definition) is 1. The summed E-state index contributed by atoms with van der Waals surface area (Å²) in [6.07, 6.45) is 3.67. The number of carbonyl (C=O) groups is 1. The van der Waals surface area contributed by atoms with Crippen LogP contribution in [0.15, 0.2) is 36.8 Å². The molecule has 0 unspecified atom stereocenters. The molecule has 0 spiro atoms. The second kappa shape index (κ2) is 5.08. The second-order valence-corrected chi connectivity index (χ2v) is 3.43. The molecule has 0 aliphatic rings. The largest absolute Gasteiger partial charge is 0.478 e. The molecule has 0 bridgehead atoms. The maximum absolute atomic E-state index is 10.7. The molecule has 0 atom stereocenters. The quantitative estimate of drug-likeness (QED) is 0.659. The SMILES string of the molecule is O=C(O)c1cncc(Oc2cc([N+](=O)[O-])ccn2)c1. The molecule has 8 nitrogen and oxygen atoms in total. The smallest absolute Gasteiger partial charge is 0.337 e. The maximum Gasteiger partial charge on any atom is 0.337 e. The Morgan fingerprint density at radius 1 is 1.37 bits per heavy atom. The van der Waals surface area contributed by atoms with Gasteiger partial charge in [-0.3, -0.25) is 15.1 Å². The summed E-state index contributed by atoms with van der Waals surface area (Å²) < 4.78 is 5.22. The van der Waals surface area contributed by atoms with E-state index in [-0.39, 0.29) is 22.9 Å². The van der Waals surface area contributed by atoms with Gasteiger partial charge in [-0.2, -0.15) is 0 Å². The number of rotatable bonds is 4. The van der Waals surface area contributed by atoms with Gasteiger partial charge in [0.05, 0.1) is 22.7 Å². The van der Waals surface area contributed by atoms with Gasteiger partial charge < -0.3 is 9.84 Å². The Kier molecular flexibility index (Phi) is 3.33. The lowest BCUT2D eigenvalue weighted by Gasteiger charge is -2.04. The van der Waals surface area contributed by atoms with Crippen LogP contribution in [0.4, 0.5) is 5.69 Å². The summed E-state index contributed by atoms with van der Waals surface area (Å²) in [5.41, 5.74) is -0.227. The van der Waals surface area contributed by atoms with E-state index in [1.807, 2.05) is 0 Å². The summed E-state index contributed by atoms with van der Waals surface area (Å²) in [7, 11) is 0. The van der Waals surface area contributed by atoms with Crippen molar-refractivity contribution in [3.8, 4) is 11.6 Å². The first-order chi connectivity index (χ1) is 9.06. The van der Waals surface area contributed by atoms with Crippen molar-refractivity contribution in [1.29, 1.82) is 0 Å². The maximum atomic E-state index is 10.7. The third-order valence-electron chi connectivity index (χ3n) is 2.11. The minimum atomic E-state index is -1.15. The number of carboxylic acid groups (broad SMARTS) is 1. The summed E-state index contributed by atoms with van der Waals surface area (Å²) in [5, 5.41) is 19.4. The topological polar surface area (TPSA) is 115 Å². The van der Waals surface area contributed by atoms with Gasteiger partial charge >= 0.3 is 5.97 Å². The van der Waals surface area contributed by atoms with E-state index in [1.165, 1.54) is 24.5 Å². The highest BCUT2D eigenvalue weighted by atomic mass is 16.6. The Balaban J connectivity index is 2.26. The molecule has 0 radical (unpaired) electrons. The Morgan fingerprint density at radius 3 is 2.84 bits per heavy atom. The molecule has 0 aromatic carbocycles. The van der Waals surface area contributed by atoms with Crippen LogP contribution >= 0.6 is 0 Å². The van der Waals surface area contributed by atoms with Gasteiger partial charge in [-0.25, -0.2) is 9.78 Å². The van der Waals surface area contributed by atoms with Crippen LogP contribution in [0.1, 0.15) is 10.4 Å². The zero-order valence-electron chi connectivity index (χ0n) is 9.39. The molecule has 2 rings (SSSR count). The number of aromatic nitrogens is 2. The fourth-order valence-electron chi connectivity index (χ4n) is 1.28. The van der Waals surface area contributed by atoms with E-state index in [4.69, 9.17) is 9.84 Å². The number of hydrogen-bond acceptors (Lipinski definition) is 6. The van der Waals surface area contributed by atoms with Crippen molar-refractivity contribution in [2.24, 2.45) is 0 Å². The molecule has 8 heteroatoms. The first kappa shape index (κ1) is 12.4. The molecule has 19 heavy (non-hydrogen) atoms. The Hall–Kier alpha value is -3.03. The van der Waals surface area contributed by atoms with Gasteiger partial charge in [0.15, 0.2) is 0 Å². The van der Waals surface area contributed by atoms with E-state index < -0.39 is 10.9 Å². The zero-order valence-corrected chi connectivity index (χ0v) is 9.39. The molecule has 2 heterocycles. The fourth-order valence-corrected chi connectivity index (χ4v) is 1.28. The Labute approximate surface area is 106 Å². The molecule has 0 saturated carbocycles. The lowest BCUT2D eigenvalue weighted by Crippen LogP contribution is -1.98. The summed E-state index contributed by atoms with van der Waals surface area (Å²) >= 11 is 0. The van der Waals surface area contributed by atoms with Crippen LogP contribution in [-0.4, -0.2) is 26.0 Å². The molecule has 0 aliphatic heterocycles. The van der Waals surface area contributed by atoms with Crippen LogP contribution < -0.4 is 4.74 Å². The first-order valence-corrected chi connectivity index (χ1v) is 5.03. The van der Waals surface area contributed by atoms with E-state index >= 15 is 0 Å². The van der Waals surface area contributed by atoms with Crippen LogP contribution in [0.5, 0.6) is 11.6 Å². The Morgan fingerprint density at radius 2 is 2.16 bits per heavy atom. The summed E-state index contributed by atoms with van der Waals surface area (Å²) in [5.74, 6) is -1.03. The van der Waals surface area contributed by atoms with Crippen molar-refractivity contribution in [2.75, 3.05) is 0 Å². The van der Waals surface area contributed by atoms with Crippen molar-refractivity contribution in [2.45, 2.75) is 0 Å². The number of aromatic carboxylic acids is 1. The Bertz CT molecular complexity index is 588. The molecule has 2 aromatic rings. The zero-order chi connectivity index (χ0) is 13.8. The van der Waals surface area contributed by atoms with Crippen LogP contribution in [0.3, 0.4) is 0 Å². The van der Waals surface area contributed by atoms with E-state index in [0.717, 1.165) is 12.3 Å². The molecule has 2 aromatic heterocycles. The molecular formula is C11H7N3O5. The van der Waals surface area contributed by atoms with E-state index in [1.54, 1.807) is 0 Å². The average Bonchev–Trinajstić information content (AvgIpc) is 2.39. The van der Waals surface area contributed by atoms with Gasteiger partial charge in [0, 0.05) is 18.5 Å². The highest BCUT2D eigenvalue weighted by Crippen LogP contribution is 2.22. The highest BCUT2D eigenvalue weighted by molar-refractivity contribution is 5.87. The summed E-state index contributed by atoms with van der Waals surface area (Å²) in [6, 6.07) is 3.60. The van der Waals surface area contributed by atoms with E-state index in [2.05, 4.69) is 9.97 Å². The molecule has 0 aliphatic carbocycles. The number of carboxylic acids is 1. The van der Waals surface area contributed by atoms with Gasteiger partial charge in [0.25, 0.3) is 5.69 Å². The van der Waals surface area contributed by atoms with Crippen molar-refractivity contribution in [1.82, 2.24) is 9.97 Å². The normalized spacial score (nSPS) is 9.89. The predicted molar refractivity (Wildman–Crippen MR) is 62.2 cm³/mol. The average molecular weight is 261 g/mol. The summed E-state index contributed by atoms with van der Waals surface area (Å²) in [4.78, 5) is 28.2. The molecule has 96 valence electrons. The lowest BCUT2D eigenvalue weighted by molar-refractivity contribution is -0.385. The van der Waals surface area contributed by atoms with Gasteiger partial charge in [0.2, 0.25) is 5.88 Å². The van der Waals surface area contributed by atoms with Gasteiger partial charge in [-0.05, 0) is 6.07 Å². The van der Waals surface area contributed by atoms with Crippen molar-refractivity contribution in [3.63, 3.8) is 0 Å².